The standard InChI is InChI=1S/C23H29N3O5S/c1-31-20-9-5-6-17(16-20)23(28)24-15-14-22(27)25-18-10-12-21(13-11-18)32(29,30)26-19-7-3-2-4-8-19/h5-6,9-13,16,19,26H,2-4,7-8,14-15H2,1H3,(H,24,28)(H,25,27). The highest BCUT2D eigenvalue weighted by molar-refractivity contribution is 7.89. The number of methoxy groups -OCH3 is 1. The first-order valence-corrected chi connectivity index (χ1v) is 12.2. The summed E-state index contributed by atoms with van der Waals surface area (Å²) in [6.07, 6.45) is 5.04. The van der Waals surface area contributed by atoms with Crippen molar-refractivity contribution in [1.82, 2.24) is 10.0 Å². The predicted molar refractivity (Wildman–Crippen MR) is 122 cm³/mol. The number of amides is 2. The summed E-state index contributed by atoms with van der Waals surface area (Å²) in [6.45, 7) is 0.166. The maximum Gasteiger partial charge on any atom is 0.251 e. The fourth-order valence-corrected chi connectivity index (χ4v) is 4.91. The van der Waals surface area contributed by atoms with E-state index >= 15 is 0 Å². The number of rotatable bonds is 9. The minimum absolute atomic E-state index is 0.0136. The van der Waals surface area contributed by atoms with E-state index in [4.69, 9.17) is 4.74 Å². The highest BCUT2D eigenvalue weighted by Crippen LogP contribution is 2.21. The van der Waals surface area contributed by atoms with Gasteiger partial charge in [-0.1, -0.05) is 25.3 Å². The number of hydrogen-bond donors (Lipinski definition) is 3. The second-order valence-electron chi connectivity index (χ2n) is 7.77. The molecule has 0 aromatic heterocycles. The molecule has 0 bridgehead atoms. The first-order valence-electron chi connectivity index (χ1n) is 10.7. The maximum atomic E-state index is 12.5. The summed E-state index contributed by atoms with van der Waals surface area (Å²) in [5.41, 5.74) is 0.939. The van der Waals surface area contributed by atoms with Gasteiger partial charge in [-0.05, 0) is 55.3 Å². The molecule has 3 rings (SSSR count). The number of anilines is 1. The van der Waals surface area contributed by atoms with Crippen LogP contribution in [0.4, 0.5) is 5.69 Å². The number of nitrogens with one attached hydrogen (secondary N) is 3. The van der Waals surface area contributed by atoms with E-state index in [0.717, 1.165) is 32.1 Å². The van der Waals surface area contributed by atoms with Gasteiger partial charge in [0.05, 0.1) is 12.0 Å². The third kappa shape index (κ3) is 6.80. The van der Waals surface area contributed by atoms with Gasteiger partial charge in [-0.2, -0.15) is 0 Å². The summed E-state index contributed by atoms with van der Waals surface area (Å²) >= 11 is 0. The Labute approximate surface area is 188 Å². The molecule has 9 heteroatoms. The minimum atomic E-state index is -3.58. The lowest BCUT2D eigenvalue weighted by Crippen LogP contribution is -2.36. The zero-order valence-electron chi connectivity index (χ0n) is 18.1. The van der Waals surface area contributed by atoms with E-state index in [9.17, 15) is 18.0 Å². The molecule has 172 valence electrons. The number of ether oxygens (including phenoxy) is 1. The smallest absolute Gasteiger partial charge is 0.251 e. The van der Waals surface area contributed by atoms with E-state index in [1.54, 1.807) is 36.4 Å². The van der Waals surface area contributed by atoms with Gasteiger partial charge in [0.15, 0.2) is 0 Å². The van der Waals surface area contributed by atoms with E-state index in [-0.39, 0.29) is 35.7 Å². The van der Waals surface area contributed by atoms with Gasteiger partial charge in [-0.25, -0.2) is 13.1 Å². The molecule has 2 aromatic rings. The van der Waals surface area contributed by atoms with Gasteiger partial charge in [0.25, 0.3) is 5.91 Å². The molecular weight excluding hydrogens is 430 g/mol. The number of carbonyl (C=O) groups excluding carboxylic acids is 2. The minimum Gasteiger partial charge on any atom is -0.497 e. The molecule has 0 radical (unpaired) electrons. The third-order valence-electron chi connectivity index (χ3n) is 5.34. The molecule has 1 aliphatic rings. The van der Waals surface area contributed by atoms with Crippen LogP contribution in [0.1, 0.15) is 48.9 Å². The van der Waals surface area contributed by atoms with Crippen LogP contribution >= 0.6 is 0 Å². The van der Waals surface area contributed by atoms with Gasteiger partial charge in [-0.3, -0.25) is 9.59 Å². The summed E-state index contributed by atoms with van der Waals surface area (Å²) in [5.74, 6) is -0.00148. The van der Waals surface area contributed by atoms with Gasteiger partial charge < -0.3 is 15.4 Å². The SMILES string of the molecule is COc1cccc(C(=O)NCCC(=O)Nc2ccc(S(=O)(=O)NC3CCCCC3)cc2)c1. The van der Waals surface area contributed by atoms with Crippen LogP contribution < -0.4 is 20.1 Å². The van der Waals surface area contributed by atoms with Crippen LogP contribution in [-0.4, -0.2) is 39.9 Å². The predicted octanol–water partition coefficient (Wildman–Crippen LogP) is 3.06. The van der Waals surface area contributed by atoms with E-state index in [0.29, 0.717) is 17.0 Å². The molecule has 0 atom stereocenters. The average Bonchev–Trinajstić information content (AvgIpc) is 2.79. The molecule has 32 heavy (non-hydrogen) atoms. The lowest BCUT2D eigenvalue weighted by atomic mass is 9.96. The molecule has 3 N–H and O–H groups in total. The second kappa shape index (κ2) is 11.1. The Morgan fingerprint density at radius 2 is 1.75 bits per heavy atom. The van der Waals surface area contributed by atoms with Crippen molar-refractivity contribution in [2.45, 2.75) is 49.5 Å². The molecule has 0 aliphatic heterocycles. The van der Waals surface area contributed by atoms with Crippen molar-refractivity contribution in [3.8, 4) is 5.75 Å². The van der Waals surface area contributed by atoms with Crippen molar-refractivity contribution in [1.29, 1.82) is 0 Å². The van der Waals surface area contributed by atoms with E-state index in [1.807, 2.05) is 0 Å². The first-order chi connectivity index (χ1) is 15.4. The van der Waals surface area contributed by atoms with Gasteiger partial charge in [0.1, 0.15) is 5.75 Å². The molecule has 0 heterocycles. The maximum absolute atomic E-state index is 12.5. The van der Waals surface area contributed by atoms with Crippen LogP contribution in [0.5, 0.6) is 5.75 Å². The number of carbonyl (C=O) groups is 2. The molecule has 8 nitrogen and oxygen atoms in total. The summed E-state index contributed by atoms with van der Waals surface area (Å²) in [6, 6.07) is 12.8. The molecule has 0 spiro atoms. The highest BCUT2D eigenvalue weighted by atomic mass is 32.2. The third-order valence-corrected chi connectivity index (χ3v) is 6.88. The largest absolute Gasteiger partial charge is 0.497 e. The van der Waals surface area contributed by atoms with E-state index < -0.39 is 10.0 Å². The van der Waals surface area contributed by atoms with Gasteiger partial charge in [-0.15, -0.1) is 0 Å². The topological polar surface area (TPSA) is 114 Å². The Morgan fingerprint density at radius 1 is 1.03 bits per heavy atom. The number of sulfonamides is 1. The quantitative estimate of drug-likeness (QED) is 0.533. The lowest BCUT2D eigenvalue weighted by molar-refractivity contribution is -0.116. The molecule has 0 saturated heterocycles. The summed E-state index contributed by atoms with van der Waals surface area (Å²) in [7, 11) is -2.06. The van der Waals surface area contributed by atoms with Crippen molar-refractivity contribution in [3.05, 3.63) is 54.1 Å². The zero-order valence-corrected chi connectivity index (χ0v) is 18.9. The number of hydrogen-bond acceptors (Lipinski definition) is 5. The Balaban J connectivity index is 1.46. The van der Waals surface area contributed by atoms with Crippen molar-refractivity contribution in [3.63, 3.8) is 0 Å². The van der Waals surface area contributed by atoms with E-state index in [2.05, 4.69) is 15.4 Å². The van der Waals surface area contributed by atoms with Gasteiger partial charge in [0.2, 0.25) is 15.9 Å². The van der Waals surface area contributed by atoms with Crippen molar-refractivity contribution < 1.29 is 22.7 Å². The Morgan fingerprint density at radius 3 is 2.44 bits per heavy atom. The van der Waals surface area contributed by atoms with Crippen molar-refractivity contribution in [2.24, 2.45) is 0 Å². The fraction of sp³-hybridized carbons (Fsp3) is 0.391. The molecule has 2 aromatic carbocycles. The molecule has 1 fully saturated rings. The monoisotopic (exact) mass is 459 g/mol. The van der Waals surface area contributed by atoms with Crippen LogP contribution in [0.2, 0.25) is 0 Å². The average molecular weight is 460 g/mol. The van der Waals surface area contributed by atoms with Crippen molar-refractivity contribution >= 4 is 27.5 Å². The second-order valence-corrected chi connectivity index (χ2v) is 9.48. The van der Waals surface area contributed by atoms with Crippen LogP contribution in [-0.2, 0) is 14.8 Å². The molecule has 1 saturated carbocycles. The summed E-state index contributed by atoms with van der Waals surface area (Å²) < 4.78 is 33.0. The number of benzene rings is 2. The van der Waals surface area contributed by atoms with Crippen LogP contribution in [0.3, 0.4) is 0 Å². The van der Waals surface area contributed by atoms with Gasteiger partial charge in [0, 0.05) is 30.3 Å². The fourth-order valence-electron chi connectivity index (χ4n) is 3.60. The Kier molecular flexibility index (Phi) is 8.24. The molecule has 0 unspecified atom stereocenters. The van der Waals surface area contributed by atoms with Crippen LogP contribution in [0, 0.1) is 0 Å². The highest BCUT2D eigenvalue weighted by Gasteiger charge is 2.21. The summed E-state index contributed by atoms with van der Waals surface area (Å²) in [4.78, 5) is 24.5. The van der Waals surface area contributed by atoms with Crippen LogP contribution in [0.25, 0.3) is 0 Å². The van der Waals surface area contributed by atoms with Crippen LogP contribution in [0.15, 0.2) is 53.4 Å². The Bertz CT molecular complexity index is 1030. The normalized spacial score (nSPS) is 14.5. The Hall–Kier alpha value is -2.91. The van der Waals surface area contributed by atoms with Crippen molar-refractivity contribution in [2.75, 3.05) is 19.0 Å². The molecule has 1 aliphatic carbocycles. The molecule has 2 amide bonds. The molecular formula is C23H29N3O5S. The summed E-state index contributed by atoms with van der Waals surface area (Å²) in [5, 5.41) is 5.40. The lowest BCUT2D eigenvalue weighted by Gasteiger charge is -2.22. The zero-order chi connectivity index (χ0) is 23.0. The first kappa shape index (κ1) is 23.7. The van der Waals surface area contributed by atoms with E-state index in [1.165, 1.54) is 19.2 Å². The van der Waals surface area contributed by atoms with Gasteiger partial charge >= 0.3 is 0 Å².